The Bertz CT molecular complexity index is 1540. The lowest BCUT2D eigenvalue weighted by Crippen LogP contribution is -2.51. The van der Waals surface area contributed by atoms with E-state index in [9.17, 15) is 5.11 Å². The highest BCUT2D eigenvalue weighted by molar-refractivity contribution is 5.90. The smallest absolute Gasteiger partial charge is 0.165 e. The number of benzene rings is 2. The lowest BCUT2D eigenvalue weighted by Gasteiger charge is -2.42. The molecule has 3 heterocycles. The van der Waals surface area contributed by atoms with Crippen molar-refractivity contribution in [2.75, 3.05) is 0 Å². The summed E-state index contributed by atoms with van der Waals surface area (Å²) in [5, 5.41) is 15.6. The molecule has 0 saturated heterocycles. The first-order valence-corrected chi connectivity index (χ1v) is 12.0. The number of aliphatic hydroxyl groups is 1. The highest BCUT2D eigenvalue weighted by Crippen LogP contribution is 2.40. The van der Waals surface area contributed by atoms with Crippen molar-refractivity contribution in [3.05, 3.63) is 84.2 Å². The first-order chi connectivity index (χ1) is 16.7. The van der Waals surface area contributed by atoms with E-state index in [-0.39, 0.29) is 11.5 Å². The number of nitrogens with two attached hydrogens (primary N) is 1. The Hall–Kier alpha value is -3.61. The SMILES string of the molecule is CC(C)(C)c1cc2ncc3cc(-c4ccccc4)c(-c4ccc([C@]5(N)C[C@H](O)C5)cc4)nc3n2n1. The fourth-order valence-corrected chi connectivity index (χ4v) is 4.94. The minimum atomic E-state index is -0.451. The molecule has 176 valence electrons. The molecule has 0 radical (unpaired) electrons. The topological polar surface area (TPSA) is 89.3 Å². The first-order valence-electron chi connectivity index (χ1n) is 12.0. The van der Waals surface area contributed by atoms with Gasteiger partial charge in [0.2, 0.25) is 0 Å². The van der Waals surface area contributed by atoms with Crippen LogP contribution in [0.25, 0.3) is 39.1 Å². The van der Waals surface area contributed by atoms with Crippen LogP contribution in [0, 0.1) is 0 Å². The van der Waals surface area contributed by atoms with Gasteiger partial charge in [-0.2, -0.15) is 9.61 Å². The molecule has 1 aliphatic rings. The molecule has 0 atom stereocenters. The molecule has 0 spiro atoms. The van der Waals surface area contributed by atoms with Crippen molar-refractivity contribution >= 4 is 16.7 Å². The van der Waals surface area contributed by atoms with Crippen molar-refractivity contribution in [3.8, 4) is 22.4 Å². The van der Waals surface area contributed by atoms with E-state index in [1.165, 1.54) is 0 Å². The zero-order chi connectivity index (χ0) is 24.4. The molecular formula is C29H29N5O. The maximum Gasteiger partial charge on any atom is 0.165 e. The lowest BCUT2D eigenvalue weighted by atomic mass is 9.70. The maximum absolute atomic E-state index is 9.78. The largest absolute Gasteiger partial charge is 0.393 e. The second-order valence-corrected chi connectivity index (χ2v) is 10.8. The zero-order valence-corrected chi connectivity index (χ0v) is 20.2. The summed E-state index contributed by atoms with van der Waals surface area (Å²) in [6, 6.07) is 22.8. The van der Waals surface area contributed by atoms with Crippen molar-refractivity contribution in [1.29, 1.82) is 0 Å². The fourth-order valence-electron chi connectivity index (χ4n) is 4.94. The van der Waals surface area contributed by atoms with Gasteiger partial charge in [0.25, 0.3) is 0 Å². The fraction of sp³-hybridized carbons (Fsp3) is 0.276. The minimum Gasteiger partial charge on any atom is -0.393 e. The van der Waals surface area contributed by atoms with Crippen LogP contribution in [0.15, 0.2) is 72.9 Å². The van der Waals surface area contributed by atoms with Crippen molar-refractivity contribution in [2.45, 2.75) is 50.7 Å². The molecule has 6 heteroatoms. The van der Waals surface area contributed by atoms with E-state index in [0.29, 0.717) is 12.8 Å². The normalized spacial score (nSPS) is 20.3. The van der Waals surface area contributed by atoms with E-state index in [0.717, 1.165) is 50.3 Å². The Morgan fingerprint density at radius 1 is 0.971 bits per heavy atom. The summed E-state index contributed by atoms with van der Waals surface area (Å²) in [6.45, 7) is 6.45. The molecule has 3 aromatic heterocycles. The van der Waals surface area contributed by atoms with Crippen molar-refractivity contribution in [1.82, 2.24) is 19.6 Å². The van der Waals surface area contributed by atoms with Gasteiger partial charge in [-0.05, 0) is 30.0 Å². The Morgan fingerprint density at radius 2 is 1.69 bits per heavy atom. The van der Waals surface area contributed by atoms with Crippen LogP contribution in [-0.2, 0) is 11.0 Å². The Balaban J connectivity index is 1.55. The van der Waals surface area contributed by atoms with E-state index in [4.69, 9.17) is 15.8 Å². The number of aromatic nitrogens is 4. The van der Waals surface area contributed by atoms with Gasteiger partial charge in [-0.25, -0.2) is 9.97 Å². The zero-order valence-electron chi connectivity index (χ0n) is 20.2. The predicted octanol–water partition coefficient (Wildman–Crippen LogP) is 5.22. The molecule has 0 bridgehead atoms. The van der Waals surface area contributed by atoms with E-state index < -0.39 is 5.54 Å². The highest BCUT2D eigenvalue weighted by Gasteiger charge is 2.41. The summed E-state index contributed by atoms with van der Waals surface area (Å²) in [7, 11) is 0. The summed E-state index contributed by atoms with van der Waals surface area (Å²) >= 11 is 0. The number of aliphatic hydroxyl groups excluding tert-OH is 1. The standard InChI is InChI=1S/C29H29N5O/c1-28(2,3)24-14-25-31-17-20-13-23(18-7-5-4-6-8-18)26(32-27(20)34(25)33-24)19-9-11-21(12-10-19)29(30)15-22(35)16-29/h4-14,17,22,35H,15-16,30H2,1-3H3/t22-,29-. The maximum atomic E-state index is 9.78. The van der Waals surface area contributed by atoms with Crippen LogP contribution in [0.1, 0.15) is 44.9 Å². The summed E-state index contributed by atoms with van der Waals surface area (Å²) < 4.78 is 1.85. The molecule has 1 aliphatic carbocycles. The van der Waals surface area contributed by atoms with Crippen molar-refractivity contribution < 1.29 is 5.11 Å². The van der Waals surface area contributed by atoms with Gasteiger partial charge in [-0.15, -0.1) is 0 Å². The molecule has 3 N–H and O–H groups in total. The third kappa shape index (κ3) is 3.70. The molecule has 1 fully saturated rings. The Kier molecular flexibility index (Phi) is 4.82. The van der Waals surface area contributed by atoms with E-state index in [1.807, 2.05) is 35.0 Å². The van der Waals surface area contributed by atoms with Crippen molar-refractivity contribution in [2.24, 2.45) is 5.73 Å². The third-order valence-electron chi connectivity index (χ3n) is 7.04. The molecule has 2 aromatic carbocycles. The number of rotatable bonds is 3. The van der Waals surface area contributed by atoms with Gasteiger partial charge in [0.1, 0.15) is 0 Å². The van der Waals surface area contributed by atoms with Gasteiger partial charge in [0.05, 0.1) is 17.5 Å². The van der Waals surface area contributed by atoms with Crippen molar-refractivity contribution in [3.63, 3.8) is 0 Å². The van der Waals surface area contributed by atoms with Gasteiger partial charge < -0.3 is 10.8 Å². The monoisotopic (exact) mass is 463 g/mol. The van der Waals surface area contributed by atoms with Crippen LogP contribution in [-0.4, -0.2) is 30.8 Å². The van der Waals surface area contributed by atoms with Crippen LogP contribution in [0.3, 0.4) is 0 Å². The molecular weight excluding hydrogens is 434 g/mol. The Morgan fingerprint density at radius 3 is 2.34 bits per heavy atom. The third-order valence-corrected chi connectivity index (χ3v) is 7.04. The number of pyridine rings is 1. The van der Waals surface area contributed by atoms with E-state index >= 15 is 0 Å². The molecule has 6 nitrogen and oxygen atoms in total. The van der Waals surface area contributed by atoms with Crippen LogP contribution < -0.4 is 5.73 Å². The average Bonchev–Trinajstić information content (AvgIpc) is 3.29. The van der Waals surface area contributed by atoms with Crippen LogP contribution in [0.4, 0.5) is 0 Å². The van der Waals surface area contributed by atoms with Gasteiger partial charge in [-0.3, -0.25) is 0 Å². The summed E-state index contributed by atoms with van der Waals surface area (Å²) in [4.78, 5) is 9.84. The number of hydrogen-bond donors (Lipinski definition) is 2. The Labute approximate surface area is 204 Å². The minimum absolute atomic E-state index is 0.0874. The van der Waals surface area contributed by atoms with Gasteiger partial charge in [-0.1, -0.05) is 75.4 Å². The van der Waals surface area contributed by atoms with Crippen LogP contribution in [0.5, 0.6) is 0 Å². The molecule has 1 saturated carbocycles. The molecule has 6 rings (SSSR count). The number of fused-ring (bicyclic) bond motifs is 3. The van der Waals surface area contributed by atoms with Crippen LogP contribution >= 0.6 is 0 Å². The molecule has 0 unspecified atom stereocenters. The van der Waals surface area contributed by atoms with Crippen LogP contribution in [0.2, 0.25) is 0 Å². The molecule has 0 amide bonds. The lowest BCUT2D eigenvalue weighted by molar-refractivity contribution is 0.0209. The van der Waals surface area contributed by atoms with Gasteiger partial charge >= 0.3 is 0 Å². The van der Waals surface area contributed by atoms with Gasteiger partial charge in [0.15, 0.2) is 11.3 Å². The highest BCUT2D eigenvalue weighted by atomic mass is 16.3. The molecule has 35 heavy (non-hydrogen) atoms. The molecule has 0 aliphatic heterocycles. The predicted molar refractivity (Wildman–Crippen MR) is 139 cm³/mol. The first kappa shape index (κ1) is 21.9. The second-order valence-electron chi connectivity index (χ2n) is 10.8. The molecule has 5 aromatic rings. The number of nitrogens with zero attached hydrogens (tertiary/aromatic N) is 4. The summed E-state index contributed by atoms with van der Waals surface area (Å²) in [5.74, 6) is 0. The van der Waals surface area contributed by atoms with E-state index in [2.05, 4.69) is 68.2 Å². The quantitative estimate of drug-likeness (QED) is 0.383. The summed E-state index contributed by atoms with van der Waals surface area (Å²) in [6.07, 6.45) is 2.76. The summed E-state index contributed by atoms with van der Waals surface area (Å²) in [5.41, 5.74) is 13.6. The van der Waals surface area contributed by atoms with Gasteiger partial charge in [0, 0.05) is 39.7 Å². The number of hydrogen-bond acceptors (Lipinski definition) is 5. The average molecular weight is 464 g/mol. The van der Waals surface area contributed by atoms with E-state index in [1.54, 1.807) is 0 Å². The second kappa shape index (κ2) is 7.70.